The molecule has 0 unspecified atom stereocenters. The number of oxazole rings is 1. The maximum Gasteiger partial charge on any atom is 0.232 e. The molecule has 0 aliphatic rings. The summed E-state index contributed by atoms with van der Waals surface area (Å²) in [4.78, 5) is 16.1. The van der Waals surface area contributed by atoms with Crippen molar-refractivity contribution in [3.8, 4) is 11.5 Å². The van der Waals surface area contributed by atoms with Gasteiger partial charge in [-0.3, -0.25) is 9.00 Å². The minimum Gasteiger partial charge on any atom is -0.441 e. The van der Waals surface area contributed by atoms with E-state index in [2.05, 4.69) is 10.3 Å². The predicted octanol–water partition coefficient (Wildman–Crippen LogP) is 2.97. The first-order valence-corrected chi connectivity index (χ1v) is 10.3. The number of carbonyl (C=O) groups excluding carboxylic acids is 1. The monoisotopic (exact) mass is 396 g/mol. The van der Waals surface area contributed by atoms with Crippen molar-refractivity contribution in [3.05, 3.63) is 41.5 Å². The molecule has 0 saturated heterocycles. The molecular weight excluding hydrogens is 371 g/mol. The van der Waals surface area contributed by atoms with Gasteiger partial charge >= 0.3 is 0 Å². The van der Waals surface area contributed by atoms with Crippen molar-refractivity contribution in [3.63, 3.8) is 0 Å². The topological polar surface area (TPSA) is 81.4 Å². The second-order valence-corrected chi connectivity index (χ2v) is 7.81. The molecule has 0 saturated carbocycles. The molecule has 0 aliphatic carbocycles. The molecule has 148 valence electrons. The fourth-order valence-electron chi connectivity index (χ4n) is 2.33. The van der Waals surface area contributed by atoms with Crippen LogP contribution in [0.15, 0.2) is 28.7 Å². The van der Waals surface area contributed by atoms with Gasteiger partial charge in [-0.25, -0.2) is 9.37 Å². The number of nitrogens with zero attached hydrogens (tertiary/aromatic N) is 1. The molecule has 27 heavy (non-hydrogen) atoms. The summed E-state index contributed by atoms with van der Waals surface area (Å²) in [7, 11) is -1.43. The number of halogens is 1. The van der Waals surface area contributed by atoms with Crippen molar-refractivity contribution < 1.29 is 22.5 Å². The van der Waals surface area contributed by atoms with E-state index in [1.807, 2.05) is 13.8 Å². The van der Waals surface area contributed by atoms with E-state index in [0.29, 0.717) is 31.0 Å². The van der Waals surface area contributed by atoms with E-state index in [-0.39, 0.29) is 35.0 Å². The Morgan fingerprint density at radius 1 is 1.37 bits per heavy atom. The number of carbonyl (C=O) groups is 1. The van der Waals surface area contributed by atoms with Crippen LogP contribution >= 0.6 is 0 Å². The van der Waals surface area contributed by atoms with Crippen molar-refractivity contribution in [2.75, 3.05) is 18.9 Å². The fourth-order valence-corrected chi connectivity index (χ4v) is 3.40. The number of benzene rings is 1. The highest BCUT2D eigenvalue weighted by molar-refractivity contribution is 7.84. The highest BCUT2D eigenvalue weighted by Gasteiger charge is 2.17. The van der Waals surface area contributed by atoms with E-state index in [1.54, 1.807) is 25.1 Å². The van der Waals surface area contributed by atoms with Gasteiger partial charge in [-0.05, 0) is 39.3 Å². The minimum atomic E-state index is -1.43. The molecule has 0 radical (unpaired) electrons. The zero-order valence-corrected chi connectivity index (χ0v) is 16.6. The molecular formula is C19H25FN2O4S. The molecule has 0 spiro atoms. The van der Waals surface area contributed by atoms with Gasteiger partial charge < -0.3 is 14.5 Å². The molecule has 1 heterocycles. The lowest BCUT2D eigenvalue weighted by Crippen LogP contribution is -2.30. The molecule has 1 amide bonds. The third-order valence-corrected chi connectivity index (χ3v) is 4.86. The van der Waals surface area contributed by atoms with Crippen LogP contribution in [0.3, 0.4) is 0 Å². The highest BCUT2D eigenvalue weighted by atomic mass is 32.2. The van der Waals surface area contributed by atoms with Crippen molar-refractivity contribution in [1.29, 1.82) is 0 Å². The number of amides is 1. The molecule has 1 aromatic carbocycles. The Morgan fingerprint density at radius 3 is 2.81 bits per heavy atom. The molecule has 0 aliphatic heterocycles. The second kappa shape index (κ2) is 10.3. The van der Waals surface area contributed by atoms with Gasteiger partial charge in [-0.1, -0.05) is 12.1 Å². The van der Waals surface area contributed by atoms with Crippen LogP contribution in [0, 0.1) is 12.7 Å². The van der Waals surface area contributed by atoms with Gasteiger partial charge in [-0.2, -0.15) is 0 Å². The fraction of sp³-hybridized carbons (Fsp3) is 0.474. The number of ether oxygens (including phenoxy) is 1. The van der Waals surface area contributed by atoms with E-state index < -0.39 is 16.6 Å². The first-order valence-electron chi connectivity index (χ1n) is 8.81. The number of aromatic nitrogens is 1. The first kappa shape index (κ1) is 21.2. The van der Waals surface area contributed by atoms with Gasteiger partial charge in [0.25, 0.3) is 0 Å². The molecule has 0 fully saturated rings. The van der Waals surface area contributed by atoms with Crippen molar-refractivity contribution >= 4 is 16.7 Å². The van der Waals surface area contributed by atoms with Crippen molar-refractivity contribution in [2.24, 2.45) is 0 Å². The summed E-state index contributed by atoms with van der Waals surface area (Å²) < 4.78 is 37.0. The van der Waals surface area contributed by atoms with Crippen molar-refractivity contribution in [1.82, 2.24) is 10.3 Å². The summed E-state index contributed by atoms with van der Waals surface area (Å²) in [5.41, 5.74) is 0.712. The smallest absolute Gasteiger partial charge is 0.232 e. The lowest BCUT2D eigenvalue weighted by Gasteiger charge is -2.08. The summed E-state index contributed by atoms with van der Waals surface area (Å²) in [5.74, 6) is -0.152. The molecule has 1 N–H and O–H groups in total. The average molecular weight is 396 g/mol. The molecule has 8 heteroatoms. The molecule has 0 bridgehead atoms. The molecule has 2 aromatic rings. The molecule has 1 aromatic heterocycles. The van der Waals surface area contributed by atoms with Crippen LogP contribution in [0.4, 0.5) is 4.39 Å². The Kier molecular flexibility index (Phi) is 8.12. The van der Waals surface area contributed by atoms with Gasteiger partial charge in [0.15, 0.2) is 0 Å². The van der Waals surface area contributed by atoms with Crippen LogP contribution in [-0.4, -0.2) is 40.1 Å². The van der Waals surface area contributed by atoms with Crippen LogP contribution in [0.5, 0.6) is 0 Å². The minimum absolute atomic E-state index is 0.0771. The standard InChI is InChI=1S/C19H25FN2O4S/c1-13(2)25-10-6-9-21-18(23)12-27(24)11-17-14(3)26-19(22-17)15-7-4-5-8-16(15)20/h4-5,7-8,13H,6,9-12H2,1-3H3,(H,21,23)/t27-/m1/s1. The van der Waals surface area contributed by atoms with Gasteiger partial charge in [0, 0.05) is 24.0 Å². The van der Waals surface area contributed by atoms with E-state index in [4.69, 9.17) is 9.15 Å². The normalized spacial score (nSPS) is 12.3. The number of aryl methyl sites for hydroxylation is 1. The quantitative estimate of drug-likeness (QED) is 0.625. The van der Waals surface area contributed by atoms with Gasteiger partial charge in [0.1, 0.15) is 17.3 Å². The maximum atomic E-state index is 13.8. The lowest BCUT2D eigenvalue weighted by molar-refractivity contribution is -0.118. The van der Waals surface area contributed by atoms with Crippen LogP contribution in [-0.2, 0) is 26.1 Å². The Bertz CT molecular complexity index is 792. The summed E-state index contributed by atoms with van der Waals surface area (Å²) >= 11 is 0. The SMILES string of the molecule is Cc1oc(-c2ccccc2F)nc1C[S@@](=O)CC(=O)NCCCOC(C)C. The largest absolute Gasteiger partial charge is 0.441 e. The second-order valence-electron chi connectivity index (χ2n) is 6.35. The third-order valence-electron chi connectivity index (χ3n) is 3.68. The summed E-state index contributed by atoms with van der Waals surface area (Å²) in [6.45, 7) is 6.62. The summed E-state index contributed by atoms with van der Waals surface area (Å²) in [6.07, 6.45) is 0.860. The van der Waals surface area contributed by atoms with Crippen LogP contribution in [0.2, 0.25) is 0 Å². The van der Waals surface area contributed by atoms with E-state index in [1.165, 1.54) is 6.07 Å². The number of hydrogen-bond donors (Lipinski definition) is 1. The Hall–Kier alpha value is -2.06. The maximum absolute atomic E-state index is 13.8. The average Bonchev–Trinajstić information content (AvgIpc) is 2.95. The van der Waals surface area contributed by atoms with E-state index in [0.717, 1.165) is 0 Å². The van der Waals surface area contributed by atoms with Crippen LogP contribution < -0.4 is 5.32 Å². The molecule has 1 atom stereocenters. The Labute approximate surface area is 161 Å². The van der Waals surface area contributed by atoms with Crippen LogP contribution in [0.1, 0.15) is 31.7 Å². The predicted molar refractivity (Wildman–Crippen MR) is 102 cm³/mol. The Morgan fingerprint density at radius 2 is 2.11 bits per heavy atom. The van der Waals surface area contributed by atoms with Crippen molar-refractivity contribution in [2.45, 2.75) is 39.0 Å². The molecule has 6 nitrogen and oxygen atoms in total. The molecule has 2 rings (SSSR count). The van der Waals surface area contributed by atoms with E-state index >= 15 is 0 Å². The number of rotatable bonds is 10. The van der Waals surface area contributed by atoms with Crippen LogP contribution in [0.25, 0.3) is 11.5 Å². The van der Waals surface area contributed by atoms with E-state index in [9.17, 15) is 13.4 Å². The lowest BCUT2D eigenvalue weighted by atomic mass is 10.2. The number of hydrogen-bond acceptors (Lipinski definition) is 5. The Balaban J connectivity index is 1.84. The summed E-state index contributed by atoms with van der Waals surface area (Å²) in [5, 5.41) is 2.72. The number of nitrogens with one attached hydrogen (secondary N) is 1. The summed E-state index contributed by atoms with van der Waals surface area (Å²) in [6, 6.07) is 6.16. The first-order chi connectivity index (χ1) is 12.9. The zero-order valence-electron chi connectivity index (χ0n) is 15.8. The van der Waals surface area contributed by atoms with Gasteiger partial charge in [-0.15, -0.1) is 0 Å². The third kappa shape index (κ3) is 6.88. The highest BCUT2D eigenvalue weighted by Crippen LogP contribution is 2.24. The van der Waals surface area contributed by atoms with Gasteiger partial charge in [0.2, 0.25) is 11.8 Å². The zero-order chi connectivity index (χ0) is 19.8. The van der Waals surface area contributed by atoms with Gasteiger partial charge in [0.05, 0.1) is 23.1 Å².